The minimum Gasteiger partial charge on any atom is -0.339 e. The van der Waals surface area contributed by atoms with E-state index >= 15 is 0 Å². The molecule has 0 radical (unpaired) electrons. The first kappa shape index (κ1) is 16.7. The Hall–Kier alpha value is -2.13. The first-order valence-corrected chi connectivity index (χ1v) is 8.67. The molecule has 0 N–H and O–H groups in total. The smallest absolute Gasteiger partial charge is 0.253 e. The topological polar surface area (TPSA) is 23.6 Å². The van der Waals surface area contributed by atoms with Crippen LogP contribution in [-0.2, 0) is 0 Å². The van der Waals surface area contributed by atoms with E-state index < -0.39 is 0 Å². The lowest BCUT2D eigenvalue weighted by Gasteiger charge is -2.35. The van der Waals surface area contributed by atoms with Crippen molar-refractivity contribution in [1.82, 2.24) is 9.80 Å². The maximum Gasteiger partial charge on any atom is 0.253 e. The number of piperidine rings is 1. The Morgan fingerprint density at radius 2 is 1.67 bits per heavy atom. The molecule has 0 unspecified atom stereocenters. The number of rotatable bonds is 3. The molecule has 1 fully saturated rings. The van der Waals surface area contributed by atoms with E-state index in [1.807, 2.05) is 23.1 Å². The third-order valence-corrected chi connectivity index (χ3v) is 4.98. The molecule has 3 heteroatoms. The SMILES string of the molecule is Cc1ccc(-c2cccc(C(=O)N3CCC(N(C)C)CC3)c2)cc1. The van der Waals surface area contributed by atoms with Gasteiger partial charge >= 0.3 is 0 Å². The number of nitrogens with zero attached hydrogens (tertiary/aromatic N) is 2. The van der Waals surface area contributed by atoms with Gasteiger partial charge in [0.05, 0.1) is 0 Å². The van der Waals surface area contributed by atoms with E-state index in [-0.39, 0.29) is 5.91 Å². The van der Waals surface area contributed by atoms with Crippen LogP contribution in [0.5, 0.6) is 0 Å². The number of amides is 1. The third kappa shape index (κ3) is 3.68. The number of benzene rings is 2. The van der Waals surface area contributed by atoms with E-state index in [1.165, 1.54) is 5.56 Å². The number of aryl methyl sites for hydroxylation is 1. The Kier molecular flexibility index (Phi) is 5.00. The minimum atomic E-state index is 0.154. The zero-order chi connectivity index (χ0) is 17.1. The van der Waals surface area contributed by atoms with Gasteiger partial charge in [-0.15, -0.1) is 0 Å². The van der Waals surface area contributed by atoms with Crippen molar-refractivity contribution in [2.75, 3.05) is 27.2 Å². The van der Waals surface area contributed by atoms with Gasteiger partial charge in [0.1, 0.15) is 0 Å². The quantitative estimate of drug-likeness (QED) is 0.857. The summed E-state index contributed by atoms with van der Waals surface area (Å²) in [5.74, 6) is 0.154. The molecule has 1 aliphatic rings. The molecule has 0 atom stereocenters. The van der Waals surface area contributed by atoms with Crippen LogP contribution < -0.4 is 0 Å². The lowest BCUT2D eigenvalue weighted by atomic mass is 10.00. The van der Waals surface area contributed by atoms with Crippen molar-refractivity contribution < 1.29 is 4.79 Å². The van der Waals surface area contributed by atoms with Gasteiger partial charge in [-0.05, 0) is 57.1 Å². The molecule has 2 aromatic rings. The lowest BCUT2D eigenvalue weighted by Crippen LogP contribution is -2.44. The van der Waals surface area contributed by atoms with Gasteiger partial charge < -0.3 is 9.80 Å². The molecule has 1 heterocycles. The van der Waals surface area contributed by atoms with Crippen molar-refractivity contribution in [1.29, 1.82) is 0 Å². The fourth-order valence-electron chi connectivity index (χ4n) is 3.35. The summed E-state index contributed by atoms with van der Waals surface area (Å²) >= 11 is 0. The Balaban J connectivity index is 1.74. The molecule has 0 saturated carbocycles. The highest BCUT2D eigenvalue weighted by atomic mass is 16.2. The predicted octanol–water partition coefficient (Wildman–Crippen LogP) is 3.83. The Labute approximate surface area is 144 Å². The second-order valence-electron chi connectivity index (χ2n) is 6.93. The summed E-state index contributed by atoms with van der Waals surface area (Å²) in [5, 5.41) is 0. The van der Waals surface area contributed by atoms with Crippen LogP contribution in [0, 0.1) is 6.92 Å². The molecule has 24 heavy (non-hydrogen) atoms. The van der Waals surface area contributed by atoms with Crippen LogP contribution in [0.4, 0.5) is 0 Å². The summed E-state index contributed by atoms with van der Waals surface area (Å²) in [4.78, 5) is 17.1. The highest BCUT2D eigenvalue weighted by molar-refractivity contribution is 5.95. The van der Waals surface area contributed by atoms with Crippen LogP contribution >= 0.6 is 0 Å². The predicted molar refractivity (Wildman–Crippen MR) is 99.2 cm³/mol. The van der Waals surface area contributed by atoms with Gasteiger partial charge in [0.2, 0.25) is 0 Å². The average Bonchev–Trinajstić information content (AvgIpc) is 2.62. The summed E-state index contributed by atoms with van der Waals surface area (Å²) in [6, 6.07) is 17.0. The molecule has 0 bridgehead atoms. The molecular weight excluding hydrogens is 296 g/mol. The lowest BCUT2D eigenvalue weighted by molar-refractivity contribution is 0.0663. The summed E-state index contributed by atoms with van der Waals surface area (Å²) in [6.45, 7) is 3.77. The summed E-state index contributed by atoms with van der Waals surface area (Å²) < 4.78 is 0. The van der Waals surface area contributed by atoms with Gasteiger partial charge in [-0.2, -0.15) is 0 Å². The van der Waals surface area contributed by atoms with Gasteiger partial charge in [0, 0.05) is 24.7 Å². The molecule has 3 nitrogen and oxygen atoms in total. The standard InChI is InChI=1S/C21H26N2O/c1-16-7-9-17(10-8-16)18-5-4-6-19(15-18)21(24)23-13-11-20(12-14-23)22(2)3/h4-10,15,20H,11-14H2,1-3H3. The second kappa shape index (κ2) is 7.18. The monoisotopic (exact) mass is 322 g/mol. The molecule has 3 rings (SSSR count). The molecule has 1 amide bonds. The van der Waals surface area contributed by atoms with Crippen molar-refractivity contribution in [3.8, 4) is 11.1 Å². The largest absolute Gasteiger partial charge is 0.339 e. The van der Waals surface area contributed by atoms with Gasteiger partial charge in [-0.25, -0.2) is 0 Å². The highest BCUT2D eigenvalue weighted by Crippen LogP contribution is 2.23. The van der Waals surface area contributed by atoms with Crippen LogP contribution in [0.2, 0.25) is 0 Å². The molecule has 1 aliphatic heterocycles. The summed E-state index contributed by atoms with van der Waals surface area (Å²) in [7, 11) is 4.24. The van der Waals surface area contributed by atoms with E-state index in [9.17, 15) is 4.79 Å². The minimum absolute atomic E-state index is 0.154. The van der Waals surface area contributed by atoms with Gasteiger partial charge in [-0.1, -0.05) is 42.0 Å². The second-order valence-corrected chi connectivity index (χ2v) is 6.93. The van der Waals surface area contributed by atoms with Gasteiger partial charge in [0.15, 0.2) is 0 Å². The van der Waals surface area contributed by atoms with Crippen LogP contribution in [0.1, 0.15) is 28.8 Å². The summed E-state index contributed by atoms with van der Waals surface area (Å²) in [5.41, 5.74) is 4.29. The number of likely N-dealkylation sites (tertiary alicyclic amines) is 1. The van der Waals surface area contributed by atoms with Crippen molar-refractivity contribution in [3.63, 3.8) is 0 Å². The highest BCUT2D eigenvalue weighted by Gasteiger charge is 2.24. The van der Waals surface area contributed by atoms with E-state index in [1.54, 1.807) is 0 Å². The van der Waals surface area contributed by atoms with Crippen molar-refractivity contribution in [3.05, 3.63) is 59.7 Å². The average molecular weight is 322 g/mol. The molecule has 0 aliphatic carbocycles. The van der Waals surface area contributed by atoms with E-state index in [2.05, 4.69) is 56.3 Å². The van der Waals surface area contributed by atoms with Crippen LogP contribution in [0.15, 0.2) is 48.5 Å². The van der Waals surface area contributed by atoms with Crippen LogP contribution in [0.3, 0.4) is 0 Å². The molecule has 126 valence electrons. The van der Waals surface area contributed by atoms with Gasteiger partial charge in [0.25, 0.3) is 5.91 Å². The zero-order valence-electron chi connectivity index (χ0n) is 14.8. The number of hydrogen-bond acceptors (Lipinski definition) is 2. The van der Waals surface area contributed by atoms with Crippen molar-refractivity contribution in [2.45, 2.75) is 25.8 Å². The fourth-order valence-corrected chi connectivity index (χ4v) is 3.35. The first-order valence-electron chi connectivity index (χ1n) is 8.67. The molecule has 0 aromatic heterocycles. The normalized spacial score (nSPS) is 15.8. The molecule has 1 saturated heterocycles. The molecule has 2 aromatic carbocycles. The molecular formula is C21H26N2O. The van der Waals surface area contributed by atoms with Crippen molar-refractivity contribution in [2.24, 2.45) is 0 Å². The van der Waals surface area contributed by atoms with Crippen LogP contribution in [-0.4, -0.2) is 48.9 Å². The van der Waals surface area contributed by atoms with Crippen LogP contribution in [0.25, 0.3) is 11.1 Å². The zero-order valence-corrected chi connectivity index (χ0v) is 14.8. The van der Waals surface area contributed by atoms with Crippen molar-refractivity contribution >= 4 is 5.91 Å². The van der Waals surface area contributed by atoms with Gasteiger partial charge in [-0.3, -0.25) is 4.79 Å². The number of hydrogen-bond donors (Lipinski definition) is 0. The first-order chi connectivity index (χ1) is 11.5. The maximum absolute atomic E-state index is 12.8. The Bertz CT molecular complexity index is 698. The third-order valence-electron chi connectivity index (χ3n) is 4.98. The molecule has 0 spiro atoms. The number of carbonyl (C=O) groups excluding carboxylic acids is 1. The van der Waals surface area contributed by atoms with E-state index in [0.717, 1.165) is 42.6 Å². The number of carbonyl (C=O) groups is 1. The fraction of sp³-hybridized carbons (Fsp3) is 0.381. The maximum atomic E-state index is 12.8. The van der Waals surface area contributed by atoms with E-state index in [0.29, 0.717) is 6.04 Å². The Morgan fingerprint density at radius 1 is 1.00 bits per heavy atom. The summed E-state index contributed by atoms with van der Waals surface area (Å²) in [6.07, 6.45) is 2.10. The Morgan fingerprint density at radius 3 is 2.29 bits per heavy atom. The van der Waals surface area contributed by atoms with E-state index in [4.69, 9.17) is 0 Å².